The van der Waals surface area contributed by atoms with Crippen LogP contribution in [0.2, 0.25) is 0 Å². The smallest absolute Gasteiger partial charge is 0.322 e. The van der Waals surface area contributed by atoms with Crippen LogP contribution in [0.1, 0.15) is 68.3 Å². The van der Waals surface area contributed by atoms with E-state index in [-0.39, 0.29) is 12.0 Å². The van der Waals surface area contributed by atoms with Gasteiger partial charge in [0, 0.05) is 91.1 Å². The number of amides is 1. The Morgan fingerprint density at radius 3 is 2.54 bits per heavy atom. The number of nitrogens with zero attached hydrogens (tertiary/aromatic N) is 3. The molecule has 9 rings (SSSR count). The Balaban J connectivity index is 1.36. The number of fused-ring (bicyclic) bond motifs is 6. The molecule has 1 aliphatic carbocycles. The highest BCUT2D eigenvalue weighted by atomic mass is 16.5. The minimum absolute atomic E-state index is 0.0712. The fourth-order valence-corrected chi connectivity index (χ4v) is 13.2. The largest absolute Gasteiger partial charge is 0.496 e. The Bertz CT molecular complexity index is 2140. The number of methoxy groups -OCH3 is 2. The van der Waals surface area contributed by atoms with Crippen molar-refractivity contribution in [2.45, 2.75) is 92.6 Å². The second-order valence-electron chi connectivity index (χ2n) is 17.7. The number of aliphatic hydroxyl groups is 3. The van der Waals surface area contributed by atoms with Crippen LogP contribution in [0.25, 0.3) is 10.9 Å². The van der Waals surface area contributed by atoms with E-state index in [0.29, 0.717) is 69.5 Å². The molecule has 12 nitrogen and oxygen atoms in total. The van der Waals surface area contributed by atoms with Crippen molar-refractivity contribution < 1.29 is 34.4 Å². The van der Waals surface area contributed by atoms with Crippen molar-refractivity contribution in [3.05, 3.63) is 70.9 Å². The number of nitrogens with one attached hydrogen (secondary N) is 2. The van der Waals surface area contributed by atoms with Gasteiger partial charge in [0.15, 0.2) is 5.60 Å². The number of carbonyl (C=O) groups excluding carboxylic acids is 2. The van der Waals surface area contributed by atoms with Gasteiger partial charge in [-0.2, -0.15) is 0 Å². The van der Waals surface area contributed by atoms with E-state index in [0.717, 1.165) is 46.5 Å². The Labute approximate surface area is 328 Å². The summed E-state index contributed by atoms with van der Waals surface area (Å²) in [5, 5.41) is 41.1. The maximum atomic E-state index is 15.2. The van der Waals surface area contributed by atoms with Gasteiger partial charge < -0.3 is 40.0 Å². The fourth-order valence-electron chi connectivity index (χ4n) is 13.2. The third-order valence-electron chi connectivity index (χ3n) is 15.4. The number of carbonyl (C=O) groups is 2. The molecule has 2 saturated heterocycles. The number of para-hydroxylation sites is 1. The molecule has 56 heavy (non-hydrogen) atoms. The molecule has 2 aromatic carbocycles. The number of hydrogen-bond acceptors (Lipinski definition) is 10. The normalized spacial score (nSPS) is 38.4. The molecule has 10 atom stereocenters. The van der Waals surface area contributed by atoms with E-state index in [9.17, 15) is 20.1 Å². The minimum atomic E-state index is -2.18. The topological polar surface area (TPSA) is 151 Å². The molecular formula is C44H57N5O7. The van der Waals surface area contributed by atoms with Crippen LogP contribution in [0, 0.1) is 11.3 Å². The molecule has 12 heteroatoms. The zero-order chi connectivity index (χ0) is 39.6. The van der Waals surface area contributed by atoms with E-state index in [2.05, 4.69) is 38.3 Å². The number of esters is 1. The standard InChI is InChI=1S/C44H57N5O7/c1-7-40(53)22-26-23-43(39(52)56-6,34-28(14-18-48(24-26)25-40)27-12-9-10-13-31(27)46-34)30-20-29-32(21-33(30)55-5)47(4)36-42(29)16-19-49-17-11-15-41(8-2,35(42)49)37(50)44(36,54)38(51)45-3/h9-13,15,20-21,26,35-37,46,50,53-54H,7-8,14,16-19,22-25H2,1-6H3,(H,45,51)/t26?,35-,36+,37+,40-,41+,42?,43-,44?/m0/s1. The van der Waals surface area contributed by atoms with Gasteiger partial charge in [0.25, 0.3) is 5.91 Å². The van der Waals surface area contributed by atoms with Crippen LogP contribution in [0.15, 0.2) is 48.6 Å². The van der Waals surface area contributed by atoms with Crippen molar-refractivity contribution in [1.82, 2.24) is 20.1 Å². The number of H-pyrrole nitrogens is 1. The molecular weight excluding hydrogens is 711 g/mol. The average molecular weight is 768 g/mol. The molecule has 4 unspecified atom stereocenters. The monoisotopic (exact) mass is 767 g/mol. The molecule has 300 valence electrons. The molecule has 5 aliphatic heterocycles. The number of rotatable bonds is 6. The summed E-state index contributed by atoms with van der Waals surface area (Å²) in [5.41, 5.74) is -1.12. The second-order valence-corrected chi connectivity index (χ2v) is 17.7. The summed E-state index contributed by atoms with van der Waals surface area (Å²) < 4.78 is 12.3. The van der Waals surface area contributed by atoms with Crippen molar-refractivity contribution in [2.24, 2.45) is 11.3 Å². The van der Waals surface area contributed by atoms with Gasteiger partial charge in [0.05, 0.1) is 25.9 Å². The minimum Gasteiger partial charge on any atom is -0.496 e. The molecule has 6 aliphatic rings. The first-order valence-electron chi connectivity index (χ1n) is 20.5. The second kappa shape index (κ2) is 12.8. The van der Waals surface area contributed by atoms with Gasteiger partial charge in [-0.15, -0.1) is 0 Å². The summed E-state index contributed by atoms with van der Waals surface area (Å²) in [6, 6.07) is 11.2. The fraction of sp³-hybridized carbons (Fsp3) is 0.591. The number of ether oxygens (including phenoxy) is 2. The Morgan fingerprint density at radius 1 is 1.04 bits per heavy atom. The summed E-state index contributed by atoms with van der Waals surface area (Å²) in [6.07, 6.45) is 6.01. The molecule has 1 saturated carbocycles. The summed E-state index contributed by atoms with van der Waals surface area (Å²) in [7, 11) is 6.46. The molecule has 3 fully saturated rings. The molecule has 5 N–H and O–H groups in total. The summed E-state index contributed by atoms with van der Waals surface area (Å²) in [5.74, 6) is -0.624. The number of likely N-dealkylation sites (N-methyl/N-ethyl adjacent to an activating group) is 2. The molecule has 6 heterocycles. The lowest BCUT2D eigenvalue weighted by atomic mass is 9.47. The van der Waals surface area contributed by atoms with E-state index < -0.39 is 51.5 Å². The van der Waals surface area contributed by atoms with Gasteiger partial charge in [-0.1, -0.05) is 44.2 Å². The van der Waals surface area contributed by atoms with Crippen LogP contribution in [0.4, 0.5) is 5.69 Å². The summed E-state index contributed by atoms with van der Waals surface area (Å²) in [6.45, 7) is 7.49. The lowest BCUT2D eigenvalue weighted by Gasteiger charge is -2.63. The van der Waals surface area contributed by atoms with Gasteiger partial charge in [0.2, 0.25) is 0 Å². The van der Waals surface area contributed by atoms with Gasteiger partial charge in [-0.05, 0) is 74.2 Å². The average Bonchev–Trinajstić information content (AvgIpc) is 3.87. The molecule has 1 aromatic heterocycles. The van der Waals surface area contributed by atoms with Crippen LogP contribution in [-0.4, -0.2) is 132 Å². The lowest BCUT2D eigenvalue weighted by Crippen LogP contribution is -2.81. The SMILES string of the molecule is CC[C@]1(O)CC2CN(CCc3c([nH]c4ccccc34)[C@@](C(=O)OC)(c3cc4c(cc3OC)N(C)[C@H]3C(O)(C(=O)NC)[C@H](O)[C@]5(CC)C=CCN6CCC43[C@@H]65)C2)C1. The van der Waals surface area contributed by atoms with Gasteiger partial charge in [0.1, 0.15) is 17.3 Å². The first kappa shape index (κ1) is 37.6. The third-order valence-corrected chi connectivity index (χ3v) is 15.4. The quantitative estimate of drug-likeness (QED) is 0.187. The number of benzene rings is 2. The number of aromatic nitrogens is 1. The molecule has 1 spiro atoms. The highest BCUT2D eigenvalue weighted by molar-refractivity contribution is 5.95. The Kier molecular flexibility index (Phi) is 8.59. The van der Waals surface area contributed by atoms with Crippen molar-refractivity contribution in [1.29, 1.82) is 0 Å². The number of piperidine rings is 1. The first-order valence-corrected chi connectivity index (χ1v) is 20.5. The molecule has 0 radical (unpaired) electrons. The maximum absolute atomic E-state index is 15.2. The number of aromatic amines is 1. The predicted molar refractivity (Wildman–Crippen MR) is 213 cm³/mol. The van der Waals surface area contributed by atoms with Gasteiger partial charge in [-0.25, -0.2) is 0 Å². The van der Waals surface area contributed by atoms with Gasteiger partial charge in [-0.3, -0.25) is 19.4 Å². The van der Waals surface area contributed by atoms with Crippen molar-refractivity contribution in [2.75, 3.05) is 65.9 Å². The zero-order valence-electron chi connectivity index (χ0n) is 33.5. The highest BCUT2D eigenvalue weighted by Gasteiger charge is 2.78. The Hall–Kier alpha value is -3.94. The number of aliphatic hydroxyl groups excluding tert-OH is 1. The summed E-state index contributed by atoms with van der Waals surface area (Å²) >= 11 is 0. The van der Waals surface area contributed by atoms with E-state index in [1.54, 1.807) is 7.11 Å². The van der Waals surface area contributed by atoms with Crippen LogP contribution in [-0.2, 0) is 31.6 Å². The van der Waals surface area contributed by atoms with Gasteiger partial charge >= 0.3 is 5.97 Å². The van der Waals surface area contributed by atoms with Crippen LogP contribution < -0.4 is 15.0 Å². The lowest BCUT2D eigenvalue weighted by molar-refractivity contribution is -0.203. The van der Waals surface area contributed by atoms with Crippen molar-refractivity contribution in [3.8, 4) is 5.75 Å². The zero-order valence-corrected chi connectivity index (χ0v) is 33.5. The third kappa shape index (κ3) is 4.59. The van der Waals surface area contributed by atoms with Crippen molar-refractivity contribution in [3.63, 3.8) is 0 Å². The van der Waals surface area contributed by atoms with E-state index >= 15 is 4.79 Å². The number of hydrogen-bond donors (Lipinski definition) is 5. The van der Waals surface area contributed by atoms with Crippen LogP contribution >= 0.6 is 0 Å². The van der Waals surface area contributed by atoms with Crippen molar-refractivity contribution >= 4 is 28.5 Å². The summed E-state index contributed by atoms with van der Waals surface area (Å²) in [4.78, 5) is 39.9. The van der Waals surface area contributed by atoms with Crippen LogP contribution in [0.5, 0.6) is 5.75 Å². The van der Waals surface area contributed by atoms with E-state index in [1.165, 1.54) is 14.2 Å². The Morgan fingerprint density at radius 2 is 1.82 bits per heavy atom. The highest BCUT2D eigenvalue weighted by Crippen LogP contribution is 2.67. The van der Waals surface area contributed by atoms with E-state index in [4.69, 9.17) is 9.47 Å². The molecule has 2 bridgehead atoms. The molecule has 3 aromatic rings. The molecule has 1 amide bonds. The predicted octanol–water partition coefficient (Wildman–Crippen LogP) is 2.99. The van der Waals surface area contributed by atoms with E-state index in [1.807, 2.05) is 56.1 Å². The number of anilines is 1. The van der Waals surface area contributed by atoms with Crippen LogP contribution in [0.3, 0.4) is 0 Å². The maximum Gasteiger partial charge on any atom is 0.322 e. The first-order chi connectivity index (χ1) is 26.8.